The van der Waals surface area contributed by atoms with Crippen molar-refractivity contribution in [1.29, 1.82) is 0 Å². The third kappa shape index (κ3) is 1.89. The minimum absolute atomic E-state index is 0.329. The average Bonchev–Trinajstić information content (AvgIpc) is 2.87. The molecule has 0 N–H and O–H groups in total. The van der Waals surface area contributed by atoms with E-state index in [1.165, 1.54) is 7.11 Å². The fraction of sp³-hybridized carbons (Fsp3) is 0.0625. The first-order valence-electron chi connectivity index (χ1n) is 6.05. The summed E-state index contributed by atoms with van der Waals surface area (Å²) < 4.78 is 6.78. The molecule has 3 rings (SSSR count). The van der Waals surface area contributed by atoms with Gasteiger partial charge in [0.2, 0.25) is 0 Å². The maximum Gasteiger partial charge on any atom is 0.355 e. The summed E-state index contributed by atoms with van der Waals surface area (Å²) in [4.78, 5) is 12.0. The number of benzene rings is 2. The van der Waals surface area contributed by atoms with Gasteiger partial charge in [0.1, 0.15) is 5.69 Å². The van der Waals surface area contributed by atoms with Crippen molar-refractivity contribution in [2.45, 2.75) is 0 Å². The van der Waals surface area contributed by atoms with E-state index in [4.69, 9.17) is 4.74 Å². The highest BCUT2D eigenvalue weighted by atomic mass is 16.5. The number of hydrogen-bond donors (Lipinski definition) is 0. The van der Waals surface area contributed by atoms with Gasteiger partial charge in [0.25, 0.3) is 0 Å². The van der Waals surface area contributed by atoms with Crippen molar-refractivity contribution in [3.05, 3.63) is 66.5 Å². The van der Waals surface area contributed by atoms with Gasteiger partial charge in [-0.3, -0.25) is 0 Å². The number of ether oxygens (including phenoxy) is 1. The lowest BCUT2D eigenvalue weighted by atomic mass is 10.2. The second kappa shape index (κ2) is 4.61. The van der Waals surface area contributed by atoms with E-state index in [-0.39, 0.29) is 5.97 Å². The normalized spacial score (nSPS) is 10.6. The van der Waals surface area contributed by atoms with Crippen LogP contribution >= 0.6 is 0 Å². The Kier molecular flexibility index (Phi) is 2.80. The molecule has 3 nitrogen and oxygen atoms in total. The summed E-state index contributed by atoms with van der Waals surface area (Å²) in [6.45, 7) is 0. The summed E-state index contributed by atoms with van der Waals surface area (Å²) in [5.74, 6) is -0.329. The van der Waals surface area contributed by atoms with Gasteiger partial charge in [-0.05, 0) is 12.1 Å². The van der Waals surface area contributed by atoms with Gasteiger partial charge < -0.3 is 9.30 Å². The van der Waals surface area contributed by atoms with Crippen LogP contribution in [0.25, 0.3) is 16.5 Å². The zero-order chi connectivity index (χ0) is 13.2. The highest BCUT2D eigenvalue weighted by molar-refractivity contribution is 6.04. The standard InChI is InChI=1S/C16H13NO2/c1-19-16(18)15-14-10-6-5-7-12(14)11-17(15)13-8-3-2-4-9-13/h2-11H,1H3. The molecule has 0 spiro atoms. The summed E-state index contributed by atoms with van der Waals surface area (Å²) in [5, 5.41) is 1.92. The fourth-order valence-corrected chi connectivity index (χ4v) is 2.26. The van der Waals surface area contributed by atoms with Gasteiger partial charge in [-0.1, -0.05) is 42.5 Å². The van der Waals surface area contributed by atoms with Crippen LogP contribution in [0.2, 0.25) is 0 Å². The predicted octanol–water partition coefficient (Wildman–Crippen LogP) is 3.42. The first-order chi connectivity index (χ1) is 9.31. The molecule has 94 valence electrons. The molecule has 1 heterocycles. The molecule has 0 aliphatic carbocycles. The van der Waals surface area contributed by atoms with Crippen LogP contribution in [0.1, 0.15) is 10.5 Å². The smallest absolute Gasteiger partial charge is 0.355 e. The molecule has 0 amide bonds. The van der Waals surface area contributed by atoms with Crippen LogP contribution in [0, 0.1) is 0 Å². The number of carbonyl (C=O) groups is 1. The Bertz CT molecular complexity index is 729. The van der Waals surface area contributed by atoms with Crippen molar-refractivity contribution in [3.8, 4) is 5.69 Å². The molecule has 3 heteroatoms. The Hall–Kier alpha value is -2.55. The van der Waals surface area contributed by atoms with E-state index in [2.05, 4.69) is 0 Å². The zero-order valence-electron chi connectivity index (χ0n) is 10.5. The predicted molar refractivity (Wildman–Crippen MR) is 74.6 cm³/mol. The van der Waals surface area contributed by atoms with Gasteiger partial charge in [0.15, 0.2) is 0 Å². The van der Waals surface area contributed by atoms with Gasteiger partial charge in [-0.2, -0.15) is 0 Å². The number of aromatic nitrogens is 1. The number of carbonyl (C=O) groups excluding carboxylic acids is 1. The van der Waals surface area contributed by atoms with Crippen molar-refractivity contribution in [1.82, 2.24) is 4.57 Å². The van der Waals surface area contributed by atoms with E-state index in [9.17, 15) is 4.79 Å². The highest BCUT2D eigenvalue weighted by Gasteiger charge is 2.17. The van der Waals surface area contributed by atoms with Gasteiger partial charge >= 0.3 is 5.97 Å². The second-order valence-corrected chi connectivity index (χ2v) is 4.26. The number of hydrogen-bond acceptors (Lipinski definition) is 2. The summed E-state index contributed by atoms with van der Waals surface area (Å²) in [5.41, 5.74) is 1.50. The molecule has 3 aromatic rings. The largest absolute Gasteiger partial charge is 0.464 e. The maximum absolute atomic E-state index is 12.0. The van der Waals surface area contributed by atoms with E-state index in [0.717, 1.165) is 16.5 Å². The summed E-state index contributed by atoms with van der Waals surface area (Å²) >= 11 is 0. The molecule has 19 heavy (non-hydrogen) atoms. The lowest BCUT2D eigenvalue weighted by Gasteiger charge is -2.07. The molecule has 0 unspecified atom stereocenters. The van der Waals surface area contributed by atoms with Gasteiger partial charge in [-0.25, -0.2) is 4.79 Å². The van der Waals surface area contributed by atoms with Crippen LogP contribution < -0.4 is 0 Å². The number of esters is 1. The molecule has 0 saturated carbocycles. The maximum atomic E-state index is 12.0. The number of para-hydroxylation sites is 1. The molecule has 1 aromatic heterocycles. The minimum atomic E-state index is -0.329. The first kappa shape index (κ1) is 11.5. The number of nitrogens with zero attached hydrogens (tertiary/aromatic N) is 1. The Labute approximate surface area is 111 Å². The van der Waals surface area contributed by atoms with E-state index in [1.54, 1.807) is 0 Å². The zero-order valence-corrected chi connectivity index (χ0v) is 10.5. The van der Waals surface area contributed by atoms with Crippen molar-refractivity contribution < 1.29 is 9.53 Å². The summed E-state index contributed by atoms with van der Waals surface area (Å²) in [7, 11) is 1.40. The quantitative estimate of drug-likeness (QED) is 0.653. The molecule has 0 atom stereocenters. The average molecular weight is 251 g/mol. The van der Waals surface area contributed by atoms with Crippen molar-refractivity contribution in [3.63, 3.8) is 0 Å². The Morgan fingerprint density at radius 1 is 1.00 bits per heavy atom. The van der Waals surface area contributed by atoms with Gasteiger partial charge in [0.05, 0.1) is 7.11 Å². The molecular formula is C16H13NO2. The van der Waals surface area contributed by atoms with E-state index >= 15 is 0 Å². The van der Waals surface area contributed by atoms with E-state index < -0.39 is 0 Å². The highest BCUT2D eigenvalue weighted by Crippen LogP contribution is 2.25. The molecule has 0 radical (unpaired) electrons. The SMILES string of the molecule is COC(=O)c1c2ccccc2cn1-c1ccccc1. The monoisotopic (exact) mass is 251 g/mol. The Balaban J connectivity index is 2.32. The third-order valence-corrected chi connectivity index (χ3v) is 3.14. The van der Waals surface area contributed by atoms with Gasteiger partial charge in [-0.15, -0.1) is 0 Å². The molecule has 0 aliphatic heterocycles. The molecule has 0 bridgehead atoms. The number of fused-ring (bicyclic) bond motifs is 1. The van der Waals surface area contributed by atoms with Crippen molar-refractivity contribution in [2.24, 2.45) is 0 Å². The van der Waals surface area contributed by atoms with Gasteiger partial charge in [0, 0.05) is 22.7 Å². The topological polar surface area (TPSA) is 31.2 Å². The van der Waals surface area contributed by atoms with Crippen LogP contribution in [0.3, 0.4) is 0 Å². The molecule has 2 aromatic carbocycles. The van der Waals surface area contributed by atoms with Crippen molar-refractivity contribution >= 4 is 16.7 Å². The fourth-order valence-electron chi connectivity index (χ4n) is 2.26. The Morgan fingerprint density at radius 2 is 1.68 bits per heavy atom. The van der Waals surface area contributed by atoms with Crippen LogP contribution in [-0.2, 0) is 4.74 Å². The summed E-state index contributed by atoms with van der Waals surface area (Å²) in [6, 6.07) is 17.6. The van der Waals surface area contributed by atoms with Crippen LogP contribution in [-0.4, -0.2) is 17.6 Å². The molecular weight excluding hydrogens is 238 g/mol. The van der Waals surface area contributed by atoms with Crippen LogP contribution in [0.4, 0.5) is 0 Å². The van der Waals surface area contributed by atoms with Crippen molar-refractivity contribution in [2.75, 3.05) is 7.11 Å². The molecule has 0 fully saturated rings. The minimum Gasteiger partial charge on any atom is -0.464 e. The lowest BCUT2D eigenvalue weighted by Crippen LogP contribution is -2.08. The van der Waals surface area contributed by atoms with E-state index in [0.29, 0.717) is 5.69 Å². The molecule has 0 saturated heterocycles. The molecule has 0 aliphatic rings. The van der Waals surface area contributed by atoms with Crippen LogP contribution in [0.5, 0.6) is 0 Å². The van der Waals surface area contributed by atoms with Crippen LogP contribution in [0.15, 0.2) is 60.8 Å². The summed E-state index contributed by atoms with van der Waals surface area (Å²) in [6.07, 6.45) is 1.96. The first-order valence-corrected chi connectivity index (χ1v) is 6.05. The third-order valence-electron chi connectivity index (χ3n) is 3.14. The second-order valence-electron chi connectivity index (χ2n) is 4.26. The van der Waals surface area contributed by atoms with E-state index in [1.807, 2.05) is 65.4 Å². The number of rotatable bonds is 2. The number of methoxy groups -OCH3 is 1. The Morgan fingerprint density at radius 3 is 2.42 bits per heavy atom. The lowest BCUT2D eigenvalue weighted by molar-refractivity contribution is 0.0594.